The Balaban J connectivity index is 3.68. The van der Waals surface area contributed by atoms with Gasteiger partial charge in [-0.1, -0.05) is 0 Å². The SMILES string of the molecule is COC(=O)CC(N)C(=O)O. The van der Waals surface area contributed by atoms with Crippen LogP contribution in [0.1, 0.15) is 6.42 Å². The topological polar surface area (TPSA) is 89.6 Å². The first-order valence-electron chi connectivity index (χ1n) is 2.63. The van der Waals surface area contributed by atoms with Crippen LogP contribution in [0.5, 0.6) is 0 Å². The second-order valence-corrected chi connectivity index (χ2v) is 1.72. The number of carbonyl (C=O) groups excluding carboxylic acids is 1. The first kappa shape index (κ1) is 8.90. The van der Waals surface area contributed by atoms with Gasteiger partial charge in [0.2, 0.25) is 0 Å². The zero-order valence-corrected chi connectivity index (χ0v) is 5.53. The Hall–Kier alpha value is -1.10. The lowest BCUT2D eigenvalue weighted by molar-refractivity contribution is -0.146. The van der Waals surface area contributed by atoms with Crippen LogP contribution >= 0.6 is 0 Å². The molecule has 10 heavy (non-hydrogen) atoms. The van der Waals surface area contributed by atoms with Gasteiger partial charge in [0, 0.05) is 0 Å². The summed E-state index contributed by atoms with van der Waals surface area (Å²) in [5.74, 6) is -1.82. The lowest BCUT2D eigenvalue weighted by Gasteiger charge is -2.02. The molecule has 0 radical (unpaired) electrons. The maximum Gasteiger partial charge on any atom is 0.321 e. The molecule has 1 atom stereocenters. The normalized spacial score (nSPS) is 12.2. The molecule has 58 valence electrons. The summed E-state index contributed by atoms with van der Waals surface area (Å²) in [4.78, 5) is 20.4. The quantitative estimate of drug-likeness (QED) is 0.498. The second-order valence-electron chi connectivity index (χ2n) is 1.72. The van der Waals surface area contributed by atoms with Gasteiger partial charge in [-0.05, 0) is 0 Å². The number of rotatable bonds is 3. The summed E-state index contributed by atoms with van der Waals surface area (Å²) in [5, 5.41) is 8.19. The minimum Gasteiger partial charge on any atom is -0.480 e. The van der Waals surface area contributed by atoms with E-state index in [0.717, 1.165) is 0 Å². The largest absolute Gasteiger partial charge is 0.480 e. The van der Waals surface area contributed by atoms with E-state index in [-0.39, 0.29) is 6.42 Å². The summed E-state index contributed by atoms with van der Waals surface area (Å²) in [6.45, 7) is 0. The molecule has 0 aliphatic carbocycles. The summed E-state index contributed by atoms with van der Waals surface area (Å²) in [5.41, 5.74) is 4.99. The van der Waals surface area contributed by atoms with E-state index < -0.39 is 18.0 Å². The summed E-state index contributed by atoms with van der Waals surface area (Å²) in [6.07, 6.45) is -0.286. The Morgan fingerprint density at radius 1 is 1.70 bits per heavy atom. The summed E-state index contributed by atoms with van der Waals surface area (Å²) < 4.78 is 4.19. The molecule has 0 heterocycles. The van der Waals surface area contributed by atoms with Crippen LogP contribution in [-0.4, -0.2) is 30.2 Å². The zero-order valence-electron chi connectivity index (χ0n) is 5.53. The number of nitrogens with two attached hydrogens (primary N) is 1. The molecular weight excluding hydrogens is 138 g/mol. The van der Waals surface area contributed by atoms with Crippen molar-refractivity contribution in [2.45, 2.75) is 12.5 Å². The number of carboxylic acids is 1. The first-order chi connectivity index (χ1) is 4.57. The van der Waals surface area contributed by atoms with E-state index in [0.29, 0.717) is 0 Å². The van der Waals surface area contributed by atoms with E-state index in [4.69, 9.17) is 10.8 Å². The van der Waals surface area contributed by atoms with E-state index in [2.05, 4.69) is 4.74 Å². The van der Waals surface area contributed by atoms with Gasteiger partial charge in [-0.2, -0.15) is 0 Å². The smallest absolute Gasteiger partial charge is 0.321 e. The van der Waals surface area contributed by atoms with Crippen LogP contribution in [0.15, 0.2) is 0 Å². The number of hydrogen-bond acceptors (Lipinski definition) is 4. The van der Waals surface area contributed by atoms with Gasteiger partial charge >= 0.3 is 11.9 Å². The van der Waals surface area contributed by atoms with Crippen molar-refractivity contribution in [2.75, 3.05) is 7.11 Å². The first-order valence-corrected chi connectivity index (χ1v) is 2.63. The van der Waals surface area contributed by atoms with Crippen LogP contribution in [0.4, 0.5) is 0 Å². The van der Waals surface area contributed by atoms with Crippen LogP contribution in [-0.2, 0) is 14.3 Å². The molecule has 5 heteroatoms. The molecule has 0 amide bonds. The highest BCUT2D eigenvalue weighted by Gasteiger charge is 2.15. The van der Waals surface area contributed by atoms with Crippen LogP contribution in [0.2, 0.25) is 0 Å². The van der Waals surface area contributed by atoms with Gasteiger partial charge in [-0.3, -0.25) is 9.59 Å². The average molecular weight is 147 g/mol. The van der Waals surface area contributed by atoms with Crippen molar-refractivity contribution in [3.63, 3.8) is 0 Å². The number of carboxylic acid groups (broad SMARTS) is 1. The van der Waals surface area contributed by atoms with Gasteiger partial charge in [0.15, 0.2) is 0 Å². The van der Waals surface area contributed by atoms with Crippen LogP contribution in [0, 0.1) is 0 Å². The van der Waals surface area contributed by atoms with Gasteiger partial charge in [0.1, 0.15) is 6.04 Å². The third-order valence-corrected chi connectivity index (χ3v) is 0.931. The molecule has 0 saturated heterocycles. The summed E-state index contributed by atoms with van der Waals surface area (Å²) in [7, 11) is 1.18. The van der Waals surface area contributed by atoms with Gasteiger partial charge < -0.3 is 15.6 Å². The molecule has 0 aromatic carbocycles. The van der Waals surface area contributed by atoms with Gasteiger partial charge in [0.25, 0.3) is 0 Å². The third-order valence-electron chi connectivity index (χ3n) is 0.931. The Kier molecular flexibility index (Phi) is 3.42. The molecule has 0 saturated carbocycles. The molecule has 5 nitrogen and oxygen atoms in total. The Labute approximate surface area is 57.8 Å². The molecule has 0 fully saturated rings. The van der Waals surface area contributed by atoms with Crippen molar-refractivity contribution in [3.05, 3.63) is 0 Å². The standard InChI is InChI=1S/C5H9NO4/c1-10-4(7)2-3(6)5(8)9/h3H,2,6H2,1H3,(H,8,9). The molecule has 0 spiro atoms. The number of hydrogen-bond donors (Lipinski definition) is 2. The Morgan fingerprint density at radius 3 is 2.50 bits per heavy atom. The molecule has 3 N–H and O–H groups in total. The fraction of sp³-hybridized carbons (Fsp3) is 0.600. The van der Waals surface area contributed by atoms with Crippen LogP contribution < -0.4 is 5.73 Å². The number of carbonyl (C=O) groups is 2. The van der Waals surface area contributed by atoms with Crippen LogP contribution in [0.3, 0.4) is 0 Å². The second kappa shape index (κ2) is 3.84. The molecule has 0 bridgehead atoms. The van der Waals surface area contributed by atoms with Gasteiger partial charge in [-0.15, -0.1) is 0 Å². The van der Waals surface area contributed by atoms with Gasteiger partial charge in [-0.25, -0.2) is 0 Å². The molecule has 0 aromatic heterocycles. The Bertz CT molecular complexity index is 145. The lowest BCUT2D eigenvalue weighted by Crippen LogP contribution is -2.32. The fourth-order valence-corrected chi connectivity index (χ4v) is 0.350. The fourth-order valence-electron chi connectivity index (χ4n) is 0.350. The van der Waals surface area contributed by atoms with Crippen molar-refractivity contribution in [1.82, 2.24) is 0 Å². The van der Waals surface area contributed by atoms with Crippen molar-refractivity contribution >= 4 is 11.9 Å². The van der Waals surface area contributed by atoms with Crippen molar-refractivity contribution in [1.29, 1.82) is 0 Å². The maximum atomic E-state index is 10.4. The van der Waals surface area contributed by atoms with E-state index >= 15 is 0 Å². The minimum absolute atomic E-state index is 0.286. The monoisotopic (exact) mass is 147 g/mol. The predicted molar refractivity (Wildman–Crippen MR) is 32.2 cm³/mol. The molecule has 0 rings (SSSR count). The molecule has 1 unspecified atom stereocenters. The minimum atomic E-state index is -1.20. The molecule has 0 aromatic rings. The van der Waals surface area contributed by atoms with E-state index in [9.17, 15) is 9.59 Å². The van der Waals surface area contributed by atoms with Crippen molar-refractivity contribution in [3.8, 4) is 0 Å². The summed E-state index contributed by atoms with van der Waals surface area (Å²) in [6, 6.07) is -1.16. The van der Waals surface area contributed by atoms with E-state index in [1.54, 1.807) is 0 Å². The average Bonchev–Trinajstić information content (AvgIpc) is 1.87. The number of aliphatic carboxylic acids is 1. The lowest BCUT2D eigenvalue weighted by atomic mass is 10.2. The zero-order chi connectivity index (χ0) is 8.15. The highest BCUT2D eigenvalue weighted by atomic mass is 16.5. The van der Waals surface area contributed by atoms with Crippen molar-refractivity contribution in [2.24, 2.45) is 5.73 Å². The van der Waals surface area contributed by atoms with Crippen LogP contribution in [0.25, 0.3) is 0 Å². The summed E-state index contributed by atoms with van der Waals surface area (Å²) >= 11 is 0. The third kappa shape index (κ3) is 3.03. The highest BCUT2D eigenvalue weighted by Crippen LogP contribution is 1.89. The molecular formula is C5H9NO4. The Morgan fingerprint density at radius 2 is 2.20 bits per heavy atom. The van der Waals surface area contributed by atoms with E-state index in [1.807, 2.05) is 0 Å². The number of ether oxygens (including phenoxy) is 1. The maximum absolute atomic E-state index is 10.4. The molecule has 0 aliphatic rings. The number of methoxy groups -OCH3 is 1. The predicted octanol–water partition coefficient (Wildman–Crippen LogP) is -1.04. The van der Waals surface area contributed by atoms with Crippen molar-refractivity contribution < 1.29 is 19.4 Å². The van der Waals surface area contributed by atoms with Gasteiger partial charge in [0.05, 0.1) is 13.5 Å². The highest BCUT2D eigenvalue weighted by molar-refractivity contribution is 5.81. The number of esters is 1. The molecule has 0 aliphatic heterocycles. The van der Waals surface area contributed by atoms with E-state index in [1.165, 1.54) is 7.11 Å².